The van der Waals surface area contributed by atoms with Crippen LogP contribution >= 0.6 is 11.6 Å². The summed E-state index contributed by atoms with van der Waals surface area (Å²) in [6.07, 6.45) is 1.95. The van der Waals surface area contributed by atoms with Gasteiger partial charge in [0, 0.05) is 12.2 Å². The van der Waals surface area contributed by atoms with Crippen LogP contribution in [0.2, 0.25) is 5.15 Å². The van der Waals surface area contributed by atoms with Crippen molar-refractivity contribution in [3.05, 3.63) is 34.7 Å². The van der Waals surface area contributed by atoms with Crippen molar-refractivity contribution in [2.75, 3.05) is 0 Å². The van der Waals surface area contributed by atoms with Crippen molar-refractivity contribution >= 4 is 17.2 Å². The van der Waals surface area contributed by atoms with Crippen LogP contribution in [0.1, 0.15) is 24.2 Å². The van der Waals surface area contributed by atoms with E-state index in [2.05, 4.69) is 4.98 Å². The van der Waals surface area contributed by atoms with Gasteiger partial charge in [-0.1, -0.05) is 17.7 Å². The van der Waals surface area contributed by atoms with E-state index in [4.69, 9.17) is 17.3 Å². The standard InChI is InChI=1S/C10H12ClN3/c1-6-3-4-8-13-9(7(2)12)10(11)14(8)5-6/h3-5,7H,12H2,1-2H3. The Morgan fingerprint density at radius 3 is 2.86 bits per heavy atom. The van der Waals surface area contributed by atoms with Gasteiger partial charge in [-0.25, -0.2) is 4.98 Å². The van der Waals surface area contributed by atoms with Gasteiger partial charge in [0.2, 0.25) is 0 Å². The van der Waals surface area contributed by atoms with Crippen LogP contribution in [0.5, 0.6) is 0 Å². The lowest BCUT2D eigenvalue weighted by atomic mass is 10.3. The molecule has 14 heavy (non-hydrogen) atoms. The Balaban J connectivity index is 2.74. The van der Waals surface area contributed by atoms with E-state index >= 15 is 0 Å². The molecule has 0 radical (unpaired) electrons. The Labute approximate surface area is 87.5 Å². The summed E-state index contributed by atoms with van der Waals surface area (Å²) < 4.78 is 1.86. The second-order valence-electron chi connectivity index (χ2n) is 3.51. The molecule has 0 saturated heterocycles. The quantitative estimate of drug-likeness (QED) is 0.784. The van der Waals surface area contributed by atoms with E-state index in [0.717, 1.165) is 16.9 Å². The third-order valence-electron chi connectivity index (χ3n) is 2.16. The van der Waals surface area contributed by atoms with E-state index in [1.54, 1.807) is 0 Å². The third-order valence-corrected chi connectivity index (χ3v) is 2.54. The maximum absolute atomic E-state index is 6.14. The third kappa shape index (κ3) is 1.38. The second kappa shape index (κ2) is 3.26. The van der Waals surface area contributed by atoms with Crippen molar-refractivity contribution in [3.63, 3.8) is 0 Å². The van der Waals surface area contributed by atoms with Gasteiger partial charge in [0.05, 0.1) is 5.69 Å². The van der Waals surface area contributed by atoms with Crippen LogP contribution in [0.3, 0.4) is 0 Å². The summed E-state index contributed by atoms with van der Waals surface area (Å²) in [5, 5.41) is 0.610. The molecule has 0 aromatic carbocycles. The molecular weight excluding hydrogens is 198 g/mol. The number of fused-ring (bicyclic) bond motifs is 1. The lowest BCUT2D eigenvalue weighted by Gasteiger charge is -2.00. The summed E-state index contributed by atoms with van der Waals surface area (Å²) >= 11 is 6.14. The monoisotopic (exact) mass is 209 g/mol. The van der Waals surface area contributed by atoms with Crippen LogP contribution in [-0.2, 0) is 0 Å². The van der Waals surface area contributed by atoms with E-state index in [1.165, 1.54) is 0 Å². The number of hydrogen-bond acceptors (Lipinski definition) is 2. The number of hydrogen-bond donors (Lipinski definition) is 1. The molecule has 4 heteroatoms. The average Bonchev–Trinajstić information content (AvgIpc) is 2.44. The molecule has 2 aromatic heterocycles. The topological polar surface area (TPSA) is 43.3 Å². The summed E-state index contributed by atoms with van der Waals surface area (Å²) in [6.45, 7) is 3.89. The number of imidazole rings is 1. The average molecular weight is 210 g/mol. The molecule has 0 aliphatic carbocycles. The summed E-state index contributed by atoms with van der Waals surface area (Å²) in [7, 11) is 0. The molecule has 2 rings (SSSR count). The molecule has 0 aliphatic rings. The highest BCUT2D eigenvalue weighted by Crippen LogP contribution is 2.22. The van der Waals surface area contributed by atoms with E-state index in [0.29, 0.717) is 5.15 Å². The highest BCUT2D eigenvalue weighted by atomic mass is 35.5. The Hall–Kier alpha value is -1.06. The van der Waals surface area contributed by atoms with Gasteiger partial charge in [0.15, 0.2) is 0 Å². The maximum atomic E-state index is 6.14. The number of nitrogens with two attached hydrogens (primary N) is 1. The van der Waals surface area contributed by atoms with Crippen molar-refractivity contribution in [2.24, 2.45) is 5.73 Å². The van der Waals surface area contributed by atoms with Gasteiger partial charge in [-0.15, -0.1) is 0 Å². The van der Waals surface area contributed by atoms with Gasteiger partial charge in [-0.05, 0) is 25.5 Å². The zero-order valence-electron chi connectivity index (χ0n) is 8.16. The first-order chi connectivity index (χ1) is 6.59. The van der Waals surface area contributed by atoms with Gasteiger partial charge < -0.3 is 5.73 Å². The van der Waals surface area contributed by atoms with E-state index in [1.807, 2.05) is 36.6 Å². The van der Waals surface area contributed by atoms with Gasteiger partial charge in [-0.2, -0.15) is 0 Å². The molecule has 2 heterocycles. The number of nitrogens with zero attached hydrogens (tertiary/aromatic N) is 2. The van der Waals surface area contributed by atoms with Crippen LogP contribution in [-0.4, -0.2) is 9.38 Å². The minimum Gasteiger partial charge on any atom is -0.323 e. The molecule has 0 saturated carbocycles. The predicted molar refractivity (Wildman–Crippen MR) is 57.5 cm³/mol. The van der Waals surface area contributed by atoms with Crippen LogP contribution in [0, 0.1) is 6.92 Å². The molecule has 0 fully saturated rings. The number of pyridine rings is 1. The SMILES string of the molecule is Cc1ccc2nc(C(C)N)c(Cl)n2c1. The minimum absolute atomic E-state index is 0.136. The molecule has 0 aliphatic heterocycles. The maximum Gasteiger partial charge on any atom is 0.138 e. The summed E-state index contributed by atoms with van der Waals surface area (Å²) in [4.78, 5) is 4.36. The molecule has 1 atom stereocenters. The van der Waals surface area contributed by atoms with Crippen LogP contribution in [0.15, 0.2) is 18.3 Å². The zero-order chi connectivity index (χ0) is 10.3. The van der Waals surface area contributed by atoms with Gasteiger partial charge in [-0.3, -0.25) is 4.40 Å². The Bertz CT molecular complexity index is 473. The predicted octanol–water partition coefficient (Wildman–Crippen LogP) is 2.32. The highest BCUT2D eigenvalue weighted by molar-refractivity contribution is 6.30. The Morgan fingerprint density at radius 2 is 2.21 bits per heavy atom. The van der Waals surface area contributed by atoms with E-state index < -0.39 is 0 Å². The molecule has 0 spiro atoms. The minimum atomic E-state index is -0.136. The van der Waals surface area contributed by atoms with Crippen LogP contribution < -0.4 is 5.73 Å². The zero-order valence-corrected chi connectivity index (χ0v) is 8.92. The molecule has 0 amide bonds. The summed E-state index contributed by atoms with van der Waals surface area (Å²) in [5.41, 5.74) is 8.49. The number of aromatic nitrogens is 2. The van der Waals surface area contributed by atoms with Crippen molar-refractivity contribution in [1.29, 1.82) is 0 Å². The molecule has 2 aromatic rings. The Morgan fingerprint density at radius 1 is 1.50 bits per heavy atom. The smallest absolute Gasteiger partial charge is 0.138 e. The second-order valence-corrected chi connectivity index (χ2v) is 3.87. The molecular formula is C10H12ClN3. The highest BCUT2D eigenvalue weighted by Gasteiger charge is 2.12. The normalized spacial score (nSPS) is 13.4. The van der Waals surface area contributed by atoms with Gasteiger partial charge in [0.25, 0.3) is 0 Å². The summed E-state index contributed by atoms with van der Waals surface area (Å²) in [6, 6.07) is 3.80. The molecule has 2 N–H and O–H groups in total. The molecule has 0 bridgehead atoms. The van der Waals surface area contributed by atoms with Gasteiger partial charge in [0.1, 0.15) is 10.8 Å². The van der Waals surface area contributed by atoms with E-state index in [-0.39, 0.29) is 6.04 Å². The lowest BCUT2D eigenvalue weighted by molar-refractivity contribution is 0.790. The molecule has 74 valence electrons. The number of aryl methyl sites for hydroxylation is 1. The summed E-state index contributed by atoms with van der Waals surface area (Å²) in [5.74, 6) is 0. The van der Waals surface area contributed by atoms with Gasteiger partial charge >= 0.3 is 0 Å². The first kappa shape index (κ1) is 9.49. The molecule has 1 unspecified atom stereocenters. The largest absolute Gasteiger partial charge is 0.323 e. The lowest BCUT2D eigenvalue weighted by Crippen LogP contribution is -2.05. The van der Waals surface area contributed by atoms with Crippen molar-refractivity contribution in [1.82, 2.24) is 9.38 Å². The van der Waals surface area contributed by atoms with Crippen molar-refractivity contribution in [3.8, 4) is 0 Å². The molecule has 3 nitrogen and oxygen atoms in total. The van der Waals surface area contributed by atoms with Crippen molar-refractivity contribution < 1.29 is 0 Å². The fourth-order valence-corrected chi connectivity index (χ4v) is 1.78. The number of rotatable bonds is 1. The Kier molecular flexibility index (Phi) is 2.21. The fourth-order valence-electron chi connectivity index (χ4n) is 1.43. The first-order valence-electron chi connectivity index (χ1n) is 4.49. The van der Waals surface area contributed by atoms with Crippen LogP contribution in [0.4, 0.5) is 0 Å². The number of halogens is 1. The van der Waals surface area contributed by atoms with Crippen LogP contribution in [0.25, 0.3) is 5.65 Å². The van der Waals surface area contributed by atoms with E-state index in [9.17, 15) is 0 Å². The van der Waals surface area contributed by atoms with Crippen molar-refractivity contribution in [2.45, 2.75) is 19.9 Å². The first-order valence-corrected chi connectivity index (χ1v) is 4.87. The fraction of sp³-hybridized carbons (Fsp3) is 0.300.